The Kier molecular flexibility index (Phi) is 7.59. The Morgan fingerprint density at radius 1 is 1.29 bits per heavy atom. The normalized spacial score (nSPS) is 20.7. The lowest BCUT2D eigenvalue weighted by atomic mass is 10.1. The number of hydrogen-bond acceptors (Lipinski definition) is 6. The molecule has 4 atom stereocenters. The standard InChI is InChI=1S/C14H24N4O6/c1-7(19)11(14(23)24)18-13(22)9(4-5-10(15)20)17-12(21)8-3-2-6-16-8/h7-9,11,16,19H,2-6H2,1H3,(H2,15,20)(H,17,21)(H,18,22)(H,23,24). The Balaban J connectivity index is 2.75. The minimum atomic E-state index is -1.52. The second kappa shape index (κ2) is 9.18. The maximum atomic E-state index is 12.3. The third kappa shape index (κ3) is 6.13. The number of aliphatic hydroxyl groups is 1. The zero-order valence-corrected chi connectivity index (χ0v) is 13.4. The van der Waals surface area contributed by atoms with Crippen LogP contribution in [0.4, 0.5) is 0 Å². The van der Waals surface area contributed by atoms with E-state index < -0.39 is 47.9 Å². The molecule has 0 saturated carbocycles. The number of carbonyl (C=O) groups is 4. The number of carbonyl (C=O) groups excluding carboxylic acids is 3. The van der Waals surface area contributed by atoms with E-state index in [1.807, 2.05) is 0 Å². The third-order valence-corrected chi connectivity index (χ3v) is 3.74. The quantitative estimate of drug-likeness (QED) is 0.267. The number of nitrogens with two attached hydrogens (primary N) is 1. The summed E-state index contributed by atoms with van der Waals surface area (Å²) in [7, 11) is 0. The average Bonchev–Trinajstić information content (AvgIpc) is 3.01. The van der Waals surface area contributed by atoms with Gasteiger partial charge in [-0.05, 0) is 32.7 Å². The van der Waals surface area contributed by atoms with Crippen molar-refractivity contribution in [2.45, 2.75) is 56.8 Å². The van der Waals surface area contributed by atoms with Crippen LogP contribution in [0.5, 0.6) is 0 Å². The van der Waals surface area contributed by atoms with Crippen molar-refractivity contribution in [1.82, 2.24) is 16.0 Å². The molecule has 10 nitrogen and oxygen atoms in total. The van der Waals surface area contributed by atoms with Gasteiger partial charge in [0.1, 0.15) is 6.04 Å². The summed E-state index contributed by atoms with van der Waals surface area (Å²) < 4.78 is 0. The van der Waals surface area contributed by atoms with Crippen LogP contribution in [0.3, 0.4) is 0 Å². The first kappa shape index (κ1) is 19.8. The maximum absolute atomic E-state index is 12.3. The Morgan fingerprint density at radius 2 is 1.96 bits per heavy atom. The van der Waals surface area contributed by atoms with Crippen LogP contribution in [0.1, 0.15) is 32.6 Å². The predicted octanol–water partition coefficient (Wildman–Crippen LogP) is -2.56. The molecule has 0 bridgehead atoms. The molecule has 1 heterocycles. The van der Waals surface area contributed by atoms with Crippen LogP contribution < -0.4 is 21.7 Å². The molecule has 3 amide bonds. The number of aliphatic hydroxyl groups excluding tert-OH is 1. The number of carboxylic acids is 1. The molecule has 1 fully saturated rings. The van der Waals surface area contributed by atoms with E-state index in [-0.39, 0.29) is 12.8 Å². The van der Waals surface area contributed by atoms with Gasteiger partial charge in [0, 0.05) is 6.42 Å². The van der Waals surface area contributed by atoms with Gasteiger partial charge in [-0.1, -0.05) is 0 Å². The minimum Gasteiger partial charge on any atom is -0.480 e. The zero-order chi connectivity index (χ0) is 18.3. The Morgan fingerprint density at radius 3 is 2.42 bits per heavy atom. The lowest BCUT2D eigenvalue weighted by Gasteiger charge is -2.23. The molecule has 4 unspecified atom stereocenters. The summed E-state index contributed by atoms with van der Waals surface area (Å²) >= 11 is 0. The highest BCUT2D eigenvalue weighted by atomic mass is 16.4. The molecule has 0 aliphatic carbocycles. The molecule has 7 N–H and O–H groups in total. The van der Waals surface area contributed by atoms with Crippen molar-refractivity contribution >= 4 is 23.7 Å². The summed E-state index contributed by atoms with van der Waals surface area (Å²) in [5.41, 5.74) is 5.06. The molecule has 1 aliphatic heterocycles. The van der Waals surface area contributed by atoms with E-state index >= 15 is 0 Å². The second-order valence-corrected chi connectivity index (χ2v) is 5.78. The number of primary amides is 1. The van der Waals surface area contributed by atoms with Crippen molar-refractivity contribution in [3.8, 4) is 0 Å². The molecule has 10 heteroatoms. The van der Waals surface area contributed by atoms with Gasteiger partial charge in [0.2, 0.25) is 17.7 Å². The molecule has 136 valence electrons. The van der Waals surface area contributed by atoms with Gasteiger partial charge in [-0.2, -0.15) is 0 Å². The third-order valence-electron chi connectivity index (χ3n) is 3.74. The van der Waals surface area contributed by atoms with E-state index in [1.165, 1.54) is 6.92 Å². The van der Waals surface area contributed by atoms with Crippen LogP contribution in [0.25, 0.3) is 0 Å². The van der Waals surface area contributed by atoms with E-state index in [9.17, 15) is 24.3 Å². The summed E-state index contributed by atoms with van der Waals surface area (Å²) in [4.78, 5) is 46.4. The van der Waals surface area contributed by atoms with Crippen molar-refractivity contribution in [2.75, 3.05) is 6.54 Å². The van der Waals surface area contributed by atoms with Crippen LogP contribution in [0, 0.1) is 0 Å². The van der Waals surface area contributed by atoms with Crippen LogP contribution in [-0.2, 0) is 19.2 Å². The molecular formula is C14H24N4O6. The lowest BCUT2D eigenvalue weighted by Crippen LogP contribution is -2.56. The number of hydrogen-bond donors (Lipinski definition) is 6. The van der Waals surface area contributed by atoms with Gasteiger partial charge in [0.25, 0.3) is 0 Å². The topological polar surface area (TPSA) is 171 Å². The fraction of sp³-hybridized carbons (Fsp3) is 0.714. The molecule has 1 aliphatic rings. The highest BCUT2D eigenvalue weighted by Crippen LogP contribution is 2.07. The van der Waals surface area contributed by atoms with Gasteiger partial charge in [-0.25, -0.2) is 4.79 Å². The van der Waals surface area contributed by atoms with Gasteiger partial charge in [-0.3, -0.25) is 14.4 Å². The number of aliphatic carboxylic acids is 1. The second-order valence-electron chi connectivity index (χ2n) is 5.78. The van der Waals surface area contributed by atoms with Crippen LogP contribution in [-0.4, -0.2) is 64.7 Å². The van der Waals surface area contributed by atoms with Gasteiger partial charge < -0.3 is 31.9 Å². The van der Waals surface area contributed by atoms with Crippen molar-refractivity contribution < 1.29 is 29.4 Å². The molecule has 0 aromatic heterocycles. The van der Waals surface area contributed by atoms with Crippen molar-refractivity contribution in [3.63, 3.8) is 0 Å². The molecule has 24 heavy (non-hydrogen) atoms. The van der Waals surface area contributed by atoms with Gasteiger partial charge in [0.05, 0.1) is 12.1 Å². The van der Waals surface area contributed by atoms with Crippen LogP contribution in [0.2, 0.25) is 0 Å². The van der Waals surface area contributed by atoms with E-state index in [0.29, 0.717) is 13.0 Å². The predicted molar refractivity (Wildman–Crippen MR) is 82.6 cm³/mol. The fourth-order valence-corrected chi connectivity index (χ4v) is 2.38. The highest BCUT2D eigenvalue weighted by Gasteiger charge is 2.31. The molecule has 0 spiro atoms. The summed E-state index contributed by atoms with van der Waals surface area (Å²) in [5, 5.41) is 26.1. The molecule has 0 radical (unpaired) electrons. The van der Waals surface area contributed by atoms with E-state index in [1.54, 1.807) is 0 Å². The number of amides is 3. The van der Waals surface area contributed by atoms with Crippen LogP contribution >= 0.6 is 0 Å². The van der Waals surface area contributed by atoms with Gasteiger partial charge >= 0.3 is 5.97 Å². The highest BCUT2D eigenvalue weighted by molar-refractivity contribution is 5.92. The Labute approximate surface area is 139 Å². The fourth-order valence-electron chi connectivity index (χ4n) is 2.38. The van der Waals surface area contributed by atoms with Crippen molar-refractivity contribution in [1.29, 1.82) is 0 Å². The monoisotopic (exact) mass is 344 g/mol. The van der Waals surface area contributed by atoms with Gasteiger partial charge in [0.15, 0.2) is 6.04 Å². The largest absolute Gasteiger partial charge is 0.480 e. The molecule has 0 aromatic carbocycles. The number of rotatable bonds is 9. The molecular weight excluding hydrogens is 320 g/mol. The average molecular weight is 344 g/mol. The number of nitrogens with one attached hydrogen (secondary N) is 3. The first-order valence-electron chi connectivity index (χ1n) is 7.75. The summed E-state index contributed by atoms with van der Waals surface area (Å²) in [5.74, 6) is -3.25. The Hall–Kier alpha value is -2.20. The van der Waals surface area contributed by atoms with Crippen molar-refractivity contribution in [3.05, 3.63) is 0 Å². The molecule has 1 saturated heterocycles. The first-order chi connectivity index (χ1) is 11.2. The van der Waals surface area contributed by atoms with E-state index in [2.05, 4.69) is 16.0 Å². The molecule has 1 rings (SSSR count). The SMILES string of the molecule is CC(O)C(NC(=O)C(CCC(N)=O)NC(=O)C1CCCN1)C(=O)O. The maximum Gasteiger partial charge on any atom is 0.328 e. The Bertz CT molecular complexity index is 490. The van der Waals surface area contributed by atoms with Crippen LogP contribution in [0.15, 0.2) is 0 Å². The van der Waals surface area contributed by atoms with E-state index in [0.717, 1.165) is 6.42 Å². The summed E-state index contributed by atoms with van der Waals surface area (Å²) in [6.07, 6.45) is -0.0782. The summed E-state index contributed by atoms with van der Waals surface area (Å²) in [6, 6.07) is -3.07. The minimum absolute atomic E-state index is 0.0637. The van der Waals surface area contributed by atoms with Crippen molar-refractivity contribution in [2.24, 2.45) is 5.73 Å². The number of carboxylic acid groups (broad SMARTS) is 1. The smallest absolute Gasteiger partial charge is 0.328 e. The van der Waals surface area contributed by atoms with Gasteiger partial charge in [-0.15, -0.1) is 0 Å². The zero-order valence-electron chi connectivity index (χ0n) is 13.4. The van der Waals surface area contributed by atoms with E-state index in [4.69, 9.17) is 10.8 Å². The first-order valence-corrected chi connectivity index (χ1v) is 7.75. The lowest BCUT2D eigenvalue weighted by molar-refractivity contribution is -0.145. The molecule has 0 aromatic rings. The summed E-state index contributed by atoms with van der Waals surface area (Å²) in [6.45, 7) is 1.91.